The summed E-state index contributed by atoms with van der Waals surface area (Å²) < 4.78 is 0. The second kappa shape index (κ2) is 7.41. The Balaban J connectivity index is 1.63. The summed E-state index contributed by atoms with van der Waals surface area (Å²) >= 11 is 0. The van der Waals surface area contributed by atoms with Crippen LogP contribution in [0.2, 0.25) is 0 Å². The van der Waals surface area contributed by atoms with E-state index in [2.05, 4.69) is 29.4 Å². The molecule has 1 aromatic rings. The first kappa shape index (κ1) is 15.0. The number of likely N-dealkylation sites (tertiary alicyclic amines) is 1. The molecule has 20 heavy (non-hydrogen) atoms. The van der Waals surface area contributed by atoms with Crippen LogP contribution in [0, 0.1) is 5.92 Å². The summed E-state index contributed by atoms with van der Waals surface area (Å²) in [6.07, 6.45) is 1.23. The van der Waals surface area contributed by atoms with E-state index in [1.807, 2.05) is 30.3 Å². The first-order valence-corrected chi connectivity index (χ1v) is 7.45. The number of anilines is 1. The van der Waals surface area contributed by atoms with Gasteiger partial charge < -0.3 is 15.5 Å². The summed E-state index contributed by atoms with van der Waals surface area (Å²) in [5, 5.41) is 6.15. The van der Waals surface area contributed by atoms with Crippen molar-refractivity contribution in [3.05, 3.63) is 30.3 Å². The van der Waals surface area contributed by atoms with Crippen molar-refractivity contribution in [1.29, 1.82) is 0 Å². The second-order valence-electron chi connectivity index (χ2n) is 5.79. The first-order valence-electron chi connectivity index (χ1n) is 7.45. The van der Waals surface area contributed by atoms with Crippen LogP contribution in [0.3, 0.4) is 0 Å². The van der Waals surface area contributed by atoms with E-state index in [0.29, 0.717) is 18.5 Å². The zero-order chi connectivity index (χ0) is 14.4. The number of para-hydroxylation sites is 1. The molecule has 2 N–H and O–H groups in total. The molecule has 110 valence electrons. The maximum Gasteiger partial charge on any atom is 0.238 e. The van der Waals surface area contributed by atoms with Crippen molar-refractivity contribution in [1.82, 2.24) is 10.2 Å². The quantitative estimate of drug-likeness (QED) is 0.834. The summed E-state index contributed by atoms with van der Waals surface area (Å²) in [5.74, 6) is 0.692. The van der Waals surface area contributed by atoms with Gasteiger partial charge in [0.15, 0.2) is 0 Å². The molecule has 2 rings (SSSR count). The number of carbonyl (C=O) groups excluding carboxylic acids is 1. The van der Waals surface area contributed by atoms with Crippen molar-refractivity contribution in [2.24, 2.45) is 5.92 Å². The Morgan fingerprint density at radius 3 is 2.75 bits per heavy atom. The van der Waals surface area contributed by atoms with Crippen molar-refractivity contribution < 1.29 is 4.79 Å². The number of nitrogens with zero attached hydrogens (tertiary/aromatic N) is 1. The maximum absolute atomic E-state index is 11.8. The van der Waals surface area contributed by atoms with Crippen molar-refractivity contribution in [2.45, 2.75) is 26.3 Å². The van der Waals surface area contributed by atoms with Crippen LogP contribution in [0.1, 0.15) is 20.3 Å². The highest BCUT2D eigenvalue weighted by Gasteiger charge is 2.23. The fraction of sp³-hybridized carbons (Fsp3) is 0.562. The average Bonchev–Trinajstić information content (AvgIpc) is 2.89. The lowest BCUT2D eigenvalue weighted by Gasteiger charge is -2.20. The molecule has 1 saturated heterocycles. The first-order chi connectivity index (χ1) is 9.65. The Hall–Kier alpha value is -1.39. The molecule has 1 aromatic carbocycles. The van der Waals surface area contributed by atoms with Crippen molar-refractivity contribution in [3.8, 4) is 0 Å². The van der Waals surface area contributed by atoms with Gasteiger partial charge in [-0.1, -0.05) is 18.2 Å². The van der Waals surface area contributed by atoms with Crippen LogP contribution in [0.15, 0.2) is 30.3 Å². The molecule has 4 heteroatoms. The van der Waals surface area contributed by atoms with Gasteiger partial charge in [0, 0.05) is 18.3 Å². The predicted molar refractivity (Wildman–Crippen MR) is 82.8 cm³/mol. The van der Waals surface area contributed by atoms with Crippen molar-refractivity contribution >= 4 is 11.6 Å². The number of carbonyl (C=O) groups is 1. The van der Waals surface area contributed by atoms with Gasteiger partial charge in [0.25, 0.3) is 0 Å². The summed E-state index contributed by atoms with van der Waals surface area (Å²) in [7, 11) is 0. The minimum absolute atomic E-state index is 0.0231. The molecule has 1 unspecified atom stereocenters. The predicted octanol–water partition coefficient (Wildman–Crippen LogP) is 1.94. The van der Waals surface area contributed by atoms with Crippen LogP contribution < -0.4 is 10.6 Å². The Morgan fingerprint density at radius 2 is 2.10 bits per heavy atom. The Kier molecular flexibility index (Phi) is 5.56. The van der Waals surface area contributed by atoms with Crippen molar-refractivity contribution in [3.63, 3.8) is 0 Å². The molecule has 1 atom stereocenters. The van der Waals surface area contributed by atoms with Gasteiger partial charge in [0.1, 0.15) is 0 Å². The molecule has 0 aromatic heterocycles. The van der Waals surface area contributed by atoms with Gasteiger partial charge in [-0.15, -0.1) is 0 Å². The van der Waals surface area contributed by atoms with E-state index in [0.717, 1.165) is 18.8 Å². The zero-order valence-electron chi connectivity index (χ0n) is 12.4. The number of rotatable bonds is 6. The van der Waals surface area contributed by atoms with Gasteiger partial charge in [-0.3, -0.25) is 4.79 Å². The molecule has 0 spiro atoms. The van der Waals surface area contributed by atoms with E-state index in [9.17, 15) is 4.79 Å². The van der Waals surface area contributed by atoms with Crippen LogP contribution in [-0.4, -0.2) is 43.0 Å². The highest BCUT2D eigenvalue weighted by atomic mass is 16.1. The van der Waals surface area contributed by atoms with Crippen LogP contribution in [-0.2, 0) is 4.79 Å². The lowest BCUT2D eigenvalue weighted by atomic mass is 10.1. The third-order valence-corrected chi connectivity index (χ3v) is 3.82. The number of amides is 1. The maximum atomic E-state index is 11.8. The molecule has 1 amide bonds. The number of benzene rings is 1. The van der Waals surface area contributed by atoms with Crippen LogP contribution in [0.4, 0.5) is 5.69 Å². The van der Waals surface area contributed by atoms with Gasteiger partial charge in [0.05, 0.1) is 6.54 Å². The van der Waals surface area contributed by atoms with E-state index >= 15 is 0 Å². The smallest absolute Gasteiger partial charge is 0.238 e. The topological polar surface area (TPSA) is 44.4 Å². The largest absolute Gasteiger partial charge is 0.325 e. The molecule has 1 heterocycles. The molecule has 4 nitrogen and oxygen atoms in total. The van der Waals surface area contributed by atoms with Gasteiger partial charge in [0.2, 0.25) is 5.91 Å². The minimum Gasteiger partial charge on any atom is -0.325 e. The third kappa shape index (κ3) is 4.62. The molecule has 0 radical (unpaired) electrons. The SMILES string of the molecule is CC(C)N1CCC(CNCC(=O)Nc2ccccc2)C1. The lowest BCUT2D eigenvalue weighted by Crippen LogP contribution is -2.34. The van der Waals surface area contributed by atoms with E-state index in [1.54, 1.807) is 0 Å². The number of hydrogen-bond donors (Lipinski definition) is 2. The zero-order valence-corrected chi connectivity index (χ0v) is 12.4. The van der Waals surface area contributed by atoms with Crippen LogP contribution in [0.25, 0.3) is 0 Å². The second-order valence-corrected chi connectivity index (χ2v) is 5.79. The highest BCUT2D eigenvalue weighted by Crippen LogP contribution is 2.17. The summed E-state index contributed by atoms with van der Waals surface area (Å²) in [6.45, 7) is 8.11. The van der Waals surface area contributed by atoms with E-state index in [4.69, 9.17) is 0 Å². The molecule has 1 aliphatic heterocycles. The summed E-state index contributed by atoms with van der Waals surface area (Å²) in [4.78, 5) is 14.3. The molecular weight excluding hydrogens is 250 g/mol. The van der Waals surface area contributed by atoms with Crippen LogP contribution in [0.5, 0.6) is 0 Å². The van der Waals surface area contributed by atoms with Crippen molar-refractivity contribution in [2.75, 3.05) is 31.5 Å². The third-order valence-electron chi connectivity index (χ3n) is 3.82. The van der Waals surface area contributed by atoms with E-state index in [-0.39, 0.29) is 5.91 Å². The monoisotopic (exact) mass is 275 g/mol. The fourth-order valence-corrected chi connectivity index (χ4v) is 2.61. The van der Waals surface area contributed by atoms with E-state index < -0.39 is 0 Å². The van der Waals surface area contributed by atoms with E-state index in [1.165, 1.54) is 13.0 Å². The number of hydrogen-bond acceptors (Lipinski definition) is 3. The summed E-state index contributed by atoms with van der Waals surface area (Å²) in [6, 6.07) is 10.2. The molecule has 0 aliphatic carbocycles. The normalized spacial score (nSPS) is 19.4. The van der Waals surface area contributed by atoms with Gasteiger partial charge in [-0.2, -0.15) is 0 Å². The fourth-order valence-electron chi connectivity index (χ4n) is 2.61. The Labute approximate surface area is 121 Å². The average molecular weight is 275 g/mol. The number of nitrogens with one attached hydrogen (secondary N) is 2. The highest BCUT2D eigenvalue weighted by molar-refractivity contribution is 5.92. The van der Waals surface area contributed by atoms with Crippen LogP contribution >= 0.6 is 0 Å². The van der Waals surface area contributed by atoms with Gasteiger partial charge >= 0.3 is 0 Å². The molecule has 1 fully saturated rings. The standard InChI is InChI=1S/C16H25N3O/c1-13(2)19-9-8-14(12-19)10-17-11-16(20)18-15-6-4-3-5-7-15/h3-7,13-14,17H,8-12H2,1-2H3,(H,18,20). The minimum atomic E-state index is 0.0231. The molecule has 1 aliphatic rings. The Morgan fingerprint density at radius 1 is 1.35 bits per heavy atom. The summed E-state index contributed by atoms with van der Waals surface area (Å²) in [5.41, 5.74) is 0.853. The van der Waals surface area contributed by atoms with Gasteiger partial charge in [-0.05, 0) is 51.4 Å². The Bertz CT molecular complexity index is 419. The molecule has 0 bridgehead atoms. The van der Waals surface area contributed by atoms with Gasteiger partial charge in [-0.25, -0.2) is 0 Å². The lowest BCUT2D eigenvalue weighted by molar-refractivity contribution is -0.115. The molecule has 0 saturated carbocycles. The molecular formula is C16H25N3O.